The quantitative estimate of drug-likeness (QED) is 0.792. The van der Waals surface area contributed by atoms with Gasteiger partial charge in [0, 0.05) is 13.1 Å². The molecule has 3 rings (SSSR count). The lowest BCUT2D eigenvalue weighted by Crippen LogP contribution is -2.51. The maximum Gasteiger partial charge on any atom is 0.315 e. The van der Waals surface area contributed by atoms with Crippen LogP contribution < -0.4 is 5.43 Å². The molecule has 1 N–H and O–H groups in total. The van der Waals surface area contributed by atoms with Crippen LogP contribution in [0.15, 0.2) is 4.40 Å². The van der Waals surface area contributed by atoms with Gasteiger partial charge in [-0.2, -0.15) is 0 Å². The van der Waals surface area contributed by atoms with Crippen LogP contribution in [0.1, 0.15) is 51.4 Å². The topological polar surface area (TPSA) is 71.0 Å². The molecule has 3 aliphatic rings. The molecule has 1 saturated carbocycles. The van der Waals surface area contributed by atoms with Gasteiger partial charge in [0.1, 0.15) is 11.4 Å². The van der Waals surface area contributed by atoms with Gasteiger partial charge >= 0.3 is 6.02 Å². The summed E-state index contributed by atoms with van der Waals surface area (Å²) in [5.74, 6) is 0. The summed E-state index contributed by atoms with van der Waals surface area (Å²) in [6.07, 6.45) is 7.96. The molecule has 1 aliphatic carbocycles. The Kier molecular flexibility index (Phi) is 4.16. The van der Waals surface area contributed by atoms with E-state index in [1.54, 1.807) is 0 Å². The molecule has 2 unspecified atom stereocenters. The van der Waals surface area contributed by atoms with Crippen LogP contribution in [0.3, 0.4) is 0 Å². The molecule has 2 aliphatic heterocycles. The highest BCUT2D eigenvalue weighted by atomic mass is 32.2. The highest BCUT2D eigenvalue weighted by Crippen LogP contribution is 2.30. The van der Waals surface area contributed by atoms with Crippen LogP contribution in [0.4, 0.5) is 0 Å². The van der Waals surface area contributed by atoms with Crippen molar-refractivity contribution in [3.05, 3.63) is 0 Å². The number of ether oxygens (including phenoxy) is 1. The van der Waals surface area contributed by atoms with Gasteiger partial charge in [-0.3, -0.25) is 5.43 Å². The number of hydrogen-bond donors (Lipinski definition) is 1. The van der Waals surface area contributed by atoms with Crippen LogP contribution in [-0.4, -0.2) is 43.9 Å². The van der Waals surface area contributed by atoms with Crippen molar-refractivity contribution in [2.45, 2.75) is 62.7 Å². The van der Waals surface area contributed by atoms with E-state index in [2.05, 4.69) is 9.82 Å². The molecule has 2 atom stereocenters. The van der Waals surface area contributed by atoms with E-state index >= 15 is 0 Å². The fourth-order valence-electron chi connectivity index (χ4n) is 3.25. The predicted octanol–water partition coefficient (Wildman–Crippen LogP) is 1.39. The molecule has 0 aromatic carbocycles. The van der Waals surface area contributed by atoms with E-state index in [1.807, 2.05) is 5.01 Å². The minimum absolute atomic E-state index is 0.176. The van der Waals surface area contributed by atoms with E-state index in [0.29, 0.717) is 6.42 Å². The number of hydrogen-bond acceptors (Lipinski definition) is 5. The van der Waals surface area contributed by atoms with Gasteiger partial charge in [-0.1, -0.05) is 19.3 Å². The molecule has 2 heterocycles. The first-order chi connectivity index (χ1) is 9.65. The zero-order valence-corrected chi connectivity index (χ0v) is 12.6. The van der Waals surface area contributed by atoms with Crippen molar-refractivity contribution >= 4 is 16.0 Å². The smallest absolute Gasteiger partial charge is 0.315 e. The molecule has 6 nitrogen and oxygen atoms in total. The summed E-state index contributed by atoms with van der Waals surface area (Å²) >= 11 is 0. The van der Waals surface area contributed by atoms with E-state index in [1.165, 1.54) is 12.8 Å². The Labute approximate surface area is 120 Å². The van der Waals surface area contributed by atoms with E-state index < -0.39 is 15.3 Å². The molecule has 0 bridgehead atoms. The molecule has 0 amide bonds. The Balaban J connectivity index is 1.71. The van der Waals surface area contributed by atoms with Crippen molar-refractivity contribution in [3.63, 3.8) is 0 Å². The third-order valence-electron chi connectivity index (χ3n) is 4.36. The zero-order chi connectivity index (χ0) is 14.0. The van der Waals surface area contributed by atoms with Gasteiger partial charge in [0.25, 0.3) is 10.0 Å². The van der Waals surface area contributed by atoms with Crippen molar-refractivity contribution < 1.29 is 13.2 Å². The molecule has 2 fully saturated rings. The van der Waals surface area contributed by atoms with E-state index in [0.717, 1.165) is 45.2 Å². The maximum absolute atomic E-state index is 12.2. The lowest BCUT2D eigenvalue weighted by atomic mass is 9.97. The third kappa shape index (κ3) is 3.09. The Bertz CT molecular complexity index is 469. The van der Waals surface area contributed by atoms with Gasteiger partial charge in [0.2, 0.25) is 0 Å². The number of hydrazine groups is 1. The van der Waals surface area contributed by atoms with Crippen molar-refractivity contribution in [2.75, 3.05) is 13.1 Å². The normalized spacial score (nSPS) is 34.3. The van der Waals surface area contributed by atoms with Crippen LogP contribution in [0.25, 0.3) is 0 Å². The van der Waals surface area contributed by atoms with Crippen LogP contribution in [0.2, 0.25) is 0 Å². The fourth-order valence-corrected chi connectivity index (χ4v) is 4.74. The molecule has 0 spiro atoms. The second-order valence-electron chi connectivity index (χ2n) is 5.90. The van der Waals surface area contributed by atoms with Crippen LogP contribution in [-0.2, 0) is 14.8 Å². The van der Waals surface area contributed by atoms with Gasteiger partial charge in [-0.25, -0.2) is 13.4 Å². The first kappa shape index (κ1) is 14.1. The van der Waals surface area contributed by atoms with Gasteiger partial charge in [-0.15, -0.1) is 4.40 Å². The molecule has 0 aromatic heterocycles. The summed E-state index contributed by atoms with van der Waals surface area (Å²) in [5, 5.41) is 1.59. The lowest BCUT2D eigenvalue weighted by molar-refractivity contribution is 0.112. The van der Waals surface area contributed by atoms with E-state index in [4.69, 9.17) is 4.74 Å². The molecule has 114 valence electrons. The summed E-state index contributed by atoms with van der Waals surface area (Å²) in [6.45, 7) is 1.83. The predicted molar refractivity (Wildman–Crippen MR) is 76.7 cm³/mol. The Morgan fingerprint density at radius 2 is 1.75 bits per heavy atom. The second kappa shape index (κ2) is 5.89. The number of rotatable bonds is 1. The van der Waals surface area contributed by atoms with Crippen molar-refractivity contribution in [1.82, 2.24) is 10.4 Å². The number of sulfonamides is 1. The van der Waals surface area contributed by atoms with Gasteiger partial charge in [0.05, 0.1) is 0 Å². The van der Waals surface area contributed by atoms with E-state index in [-0.39, 0.29) is 12.1 Å². The molecular weight excluding hydrogens is 278 g/mol. The highest BCUT2D eigenvalue weighted by Gasteiger charge is 2.41. The van der Waals surface area contributed by atoms with Gasteiger partial charge < -0.3 is 4.74 Å². The summed E-state index contributed by atoms with van der Waals surface area (Å²) in [6, 6.07) is 0.176. The molecule has 0 radical (unpaired) electrons. The van der Waals surface area contributed by atoms with Crippen LogP contribution >= 0.6 is 0 Å². The average molecular weight is 301 g/mol. The Morgan fingerprint density at radius 1 is 1.05 bits per heavy atom. The van der Waals surface area contributed by atoms with Crippen molar-refractivity contribution in [3.8, 4) is 0 Å². The average Bonchev–Trinajstić information content (AvgIpc) is 2.67. The number of amidine groups is 1. The number of fused-ring (bicyclic) bond motifs is 1. The van der Waals surface area contributed by atoms with Gasteiger partial charge in [-0.05, 0) is 32.1 Å². The minimum atomic E-state index is -3.42. The molecule has 0 aromatic rings. The summed E-state index contributed by atoms with van der Waals surface area (Å²) < 4.78 is 34.0. The van der Waals surface area contributed by atoms with Gasteiger partial charge in [0.15, 0.2) is 0 Å². The van der Waals surface area contributed by atoms with Crippen molar-refractivity contribution in [1.29, 1.82) is 0 Å². The standard InChI is InChI=1S/C13H23N3O3S/c17-20(18)12-8-4-3-7-11(12)19-13(15-20)14-16-9-5-1-2-6-10-16/h11-12H,1-10H2,(H,14,15). The second-order valence-corrected chi connectivity index (χ2v) is 7.72. The minimum Gasteiger partial charge on any atom is -0.459 e. The number of nitrogens with one attached hydrogen (secondary N) is 1. The summed E-state index contributed by atoms with van der Waals surface area (Å²) in [4.78, 5) is 0. The largest absolute Gasteiger partial charge is 0.459 e. The first-order valence-corrected chi connectivity index (χ1v) is 9.17. The SMILES string of the molecule is O=S1(=O)N=C(NN2CCCCCC2)OC2CCCCC21. The number of nitrogens with zero attached hydrogens (tertiary/aromatic N) is 2. The maximum atomic E-state index is 12.2. The van der Waals surface area contributed by atoms with Crippen LogP contribution in [0.5, 0.6) is 0 Å². The Hall–Kier alpha value is -0.820. The molecule has 7 heteroatoms. The molecular formula is C13H23N3O3S. The van der Waals surface area contributed by atoms with E-state index in [9.17, 15) is 8.42 Å². The summed E-state index contributed by atoms with van der Waals surface area (Å²) in [5.41, 5.74) is 3.07. The van der Waals surface area contributed by atoms with Crippen molar-refractivity contribution in [2.24, 2.45) is 4.40 Å². The fraction of sp³-hybridized carbons (Fsp3) is 0.923. The molecule has 1 saturated heterocycles. The first-order valence-electron chi connectivity index (χ1n) is 7.67. The highest BCUT2D eigenvalue weighted by molar-refractivity contribution is 7.91. The lowest BCUT2D eigenvalue weighted by Gasteiger charge is -2.35. The molecule has 20 heavy (non-hydrogen) atoms. The Morgan fingerprint density at radius 3 is 2.50 bits per heavy atom. The monoisotopic (exact) mass is 301 g/mol. The summed E-state index contributed by atoms with van der Waals surface area (Å²) in [7, 11) is -3.42. The zero-order valence-electron chi connectivity index (χ0n) is 11.8. The van der Waals surface area contributed by atoms with Crippen LogP contribution in [0, 0.1) is 0 Å². The third-order valence-corrected chi connectivity index (χ3v) is 6.08.